The molecule has 0 bridgehead atoms. The summed E-state index contributed by atoms with van der Waals surface area (Å²) in [5.41, 5.74) is 1.73. The van der Waals surface area contributed by atoms with Crippen LogP contribution in [-0.2, 0) is 6.54 Å². The van der Waals surface area contributed by atoms with Gasteiger partial charge in [-0.05, 0) is 30.7 Å². The number of carbonyl (C=O) groups is 1. The summed E-state index contributed by atoms with van der Waals surface area (Å²) in [6.45, 7) is 2.17. The van der Waals surface area contributed by atoms with Crippen molar-refractivity contribution in [1.82, 2.24) is 10.3 Å². The molecule has 0 radical (unpaired) electrons. The summed E-state index contributed by atoms with van der Waals surface area (Å²) < 4.78 is 5.12. The molecule has 0 saturated heterocycles. The van der Waals surface area contributed by atoms with Crippen molar-refractivity contribution in [3.05, 3.63) is 64.3 Å². The monoisotopic (exact) mass is 297 g/mol. The summed E-state index contributed by atoms with van der Waals surface area (Å²) in [5, 5.41) is 5.72. The number of benzene rings is 1. The van der Waals surface area contributed by atoms with E-state index in [-0.39, 0.29) is 17.7 Å². The highest BCUT2D eigenvalue weighted by Gasteiger charge is 2.09. The number of pyridine rings is 1. The van der Waals surface area contributed by atoms with E-state index < -0.39 is 6.03 Å². The van der Waals surface area contributed by atoms with Crippen LogP contribution < -0.4 is 16.1 Å². The minimum atomic E-state index is -0.464. The summed E-state index contributed by atoms with van der Waals surface area (Å²) in [7, 11) is 0. The lowest BCUT2D eigenvalue weighted by atomic mass is 10.1. The molecule has 3 rings (SSSR count). The number of anilines is 1. The molecule has 0 unspecified atom stereocenters. The smallest absolute Gasteiger partial charge is 0.319 e. The number of hydrogen-bond donors (Lipinski definition) is 3. The van der Waals surface area contributed by atoms with Crippen LogP contribution in [0.25, 0.3) is 10.9 Å². The number of para-hydroxylation sites is 1. The van der Waals surface area contributed by atoms with Gasteiger partial charge in [-0.15, -0.1) is 0 Å². The number of furan rings is 1. The number of rotatable bonds is 3. The summed E-state index contributed by atoms with van der Waals surface area (Å²) >= 11 is 0. The maximum absolute atomic E-state index is 12.4. The normalized spacial score (nSPS) is 10.6. The van der Waals surface area contributed by atoms with Crippen LogP contribution in [0.3, 0.4) is 0 Å². The van der Waals surface area contributed by atoms with E-state index in [0.29, 0.717) is 11.1 Å². The first-order valence-electron chi connectivity index (χ1n) is 6.83. The molecule has 2 amide bonds. The fourth-order valence-electron chi connectivity index (χ4n) is 2.24. The van der Waals surface area contributed by atoms with E-state index in [1.165, 1.54) is 12.5 Å². The Morgan fingerprint density at radius 3 is 2.91 bits per heavy atom. The van der Waals surface area contributed by atoms with Crippen LogP contribution in [0.2, 0.25) is 0 Å². The van der Waals surface area contributed by atoms with Crippen molar-refractivity contribution in [3.63, 3.8) is 0 Å². The van der Waals surface area contributed by atoms with Gasteiger partial charge in [0.15, 0.2) is 0 Å². The van der Waals surface area contributed by atoms with E-state index in [0.717, 1.165) is 11.1 Å². The Balaban J connectivity index is 1.78. The average Bonchev–Trinajstić information content (AvgIpc) is 3.02. The molecule has 0 aliphatic carbocycles. The van der Waals surface area contributed by atoms with Gasteiger partial charge >= 0.3 is 6.03 Å². The van der Waals surface area contributed by atoms with Crippen molar-refractivity contribution in [2.45, 2.75) is 13.5 Å². The van der Waals surface area contributed by atoms with E-state index in [2.05, 4.69) is 15.6 Å². The summed E-state index contributed by atoms with van der Waals surface area (Å²) in [6.07, 6.45) is 3.04. The summed E-state index contributed by atoms with van der Waals surface area (Å²) in [6, 6.07) is 8.49. The molecule has 2 aromatic heterocycles. The number of H-pyrrole nitrogens is 1. The topological polar surface area (TPSA) is 87.1 Å². The second-order valence-corrected chi connectivity index (χ2v) is 4.92. The first-order valence-corrected chi connectivity index (χ1v) is 6.83. The van der Waals surface area contributed by atoms with Crippen LogP contribution in [-0.4, -0.2) is 11.0 Å². The molecule has 2 heterocycles. The van der Waals surface area contributed by atoms with Crippen molar-refractivity contribution in [3.8, 4) is 0 Å². The maximum atomic E-state index is 12.4. The highest BCUT2D eigenvalue weighted by molar-refractivity contribution is 5.92. The van der Waals surface area contributed by atoms with Gasteiger partial charge in [-0.3, -0.25) is 4.79 Å². The first-order chi connectivity index (χ1) is 10.6. The zero-order valence-electron chi connectivity index (χ0n) is 12.0. The maximum Gasteiger partial charge on any atom is 0.319 e. The molecule has 3 N–H and O–H groups in total. The van der Waals surface area contributed by atoms with Crippen LogP contribution in [0.5, 0.6) is 0 Å². The van der Waals surface area contributed by atoms with Gasteiger partial charge in [0.05, 0.1) is 18.3 Å². The van der Waals surface area contributed by atoms with Crippen LogP contribution in [0, 0.1) is 6.92 Å². The average molecular weight is 297 g/mol. The molecule has 0 saturated carbocycles. The molecule has 112 valence electrons. The van der Waals surface area contributed by atoms with Gasteiger partial charge < -0.3 is 20.0 Å². The number of nitrogens with one attached hydrogen (secondary N) is 3. The van der Waals surface area contributed by atoms with Crippen LogP contribution >= 0.6 is 0 Å². The largest absolute Gasteiger partial charge is 0.467 e. The molecule has 0 aliphatic rings. The molecule has 22 heavy (non-hydrogen) atoms. The lowest BCUT2D eigenvalue weighted by Gasteiger charge is -2.08. The minimum absolute atomic E-state index is 0.204. The summed E-state index contributed by atoms with van der Waals surface area (Å²) in [4.78, 5) is 27.3. The second-order valence-electron chi connectivity index (χ2n) is 4.92. The van der Waals surface area contributed by atoms with Crippen LogP contribution in [0.15, 0.2) is 52.0 Å². The number of amides is 2. The Morgan fingerprint density at radius 2 is 2.14 bits per heavy atom. The van der Waals surface area contributed by atoms with E-state index in [1.54, 1.807) is 18.2 Å². The molecule has 0 spiro atoms. The number of carbonyl (C=O) groups excluding carboxylic acids is 1. The Labute approximate surface area is 126 Å². The number of aromatic nitrogens is 1. The zero-order chi connectivity index (χ0) is 15.5. The van der Waals surface area contributed by atoms with Crippen molar-refractivity contribution >= 4 is 22.6 Å². The van der Waals surface area contributed by atoms with Gasteiger partial charge in [0, 0.05) is 11.6 Å². The SMILES string of the molecule is Cc1cccc2c(=O)c(NC(=O)NCc3ccco3)c[nH]c12. The van der Waals surface area contributed by atoms with E-state index >= 15 is 0 Å². The van der Waals surface area contributed by atoms with E-state index in [1.807, 2.05) is 19.1 Å². The fourth-order valence-corrected chi connectivity index (χ4v) is 2.24. The third-order valence-electron chi connectivity index (χ3n) is 3.37. The number of fused-ring (bicyclic) bond motifs is 1. The van der Waals surface area contributed by atoms with Gasteiger partial charge in [-0.25, -0.2) is 4.79 Å². The third kappa shape index (κ3) is 2.71. The second kappa shape index (κ2) is 5.77. The van der Waals surface area contributed by atoms with Crippen molar-refractivity contribution < 1.29 is 9.21 Å². The fraction of sp³-hybridized carbons (Fsp3) is 0.125. The predicted molar refractivity (Wildman–Crippen MR) is 83.9 cm³/mol. The molecule has 0 atom stereocenters. The molecular weight excluding hydrogens is 282 g/mol. The Bertz CT molecular complexity index is 866. The number of aromatic amines is 1. The molecule has 1 aromatic carbocycles. The number of aryl methyl sites for hydroxylation is 1. The first kappa shape index (κ1) is 13.9. The lowest BCUT2D eigenvalue weighted by Crippen LogP contribution is -2.30. The van der Waals surface area contributed by atoms with Crippen LogP contribution in [0.4, 0.5) is 10.5 Å². The lowest BCUT2D eigenvalue weighted by molar-refractivity contribution is 0.251. The van der Waals surface area contributed by atoms with Gasteiger partial charge in [0.25, 0.3) is 0 Å². The number of hydrogen-bond acceptors (Lipinski definition) is 3. The molecular formula is C16H15N3O3. The molecule has 6 heteroatoms. The Hall–Kier alpha value is -3.02. The predicted octanol–water partition coefficient (Wildman–Crippen LogP) is 2.75. The van der Waals surface area contributed by atoms with Gasteiger partial charge in [-0.2, -0.15) is 0 Å². The van der Waals surface area contributed by atoms with Crippen LogP contribution in [0.1, 0.15) is 11.3 Å². The minimum Gasteiger partial charge on any atom is -0.467 e. The third-order valence-corrected chi connectivity index (χ3v) is 3.37. The highest BCUT2D eigenvalue weighted by Crippen LogP contribution is 2.14. The summed E-state index contributed by atoms with van der Waals surface area (Å²) in [5.74, 6) is 0.637. The molecule has 6 nitrogen and oxygen atoms in total. The van der Waals surface area contributed by atoms with Crippen molar-refractivity contribution in [2.75, 3.05) is 5.32 Å². The molecule has 3 aromatic rings. The molecule has 0 aliphatic heterocycles. The zero-order valence-corrected chi connectivity index (χ0v) is 12.0. The van der Waals surface area contributed by atoms with Crippen molar-refractivity contribution in [1.29, 1.82) is 0 Å². The van der Waals surface area contributed by atoms with Gasteiger partial charge in [0.2, 0.25) is 5.43 Å². The van der Waals surface area contributed by atoms with Gasteiger partial charge in [0.1, 0.15) is 11.4 Å². The van der Waals surface area contributed by atoms with Crippen molar-refractivity contribution in [2.24, 2.45) is 0 Å². The number of urea groups is 1. The van der Waals surface area contributed by atoms with E-state index in [4.69, 9.17) is 4.42 Å². The Kier molecular flexibility index (Phi) is 3.65. The molecule has 0 fully saturated rings. The highest BCUT2D eigenvalue weighted by atomic mass is 16.3. The quantitative estimate of drug-likeness (QED) is 0.694. The van der Waals surface area contributed by atoms with Gasteiger partial charge in [-0.1, -0.05) is 12.1 Å². The van der Waals surface area contributed by atoms with E-state index in [9.17, 15) is 9.59 Å². The standard InChI is InChI=1S/C16H15N3O3/c1-10-4-2-6-12-14(10)17-9-13(15(12)20)19-16(21)18-8-11-5-3-7-22-11/h2-7,9H,8H2,1H3,(H,17,20)(H2,18,19,21). The Morgan fingerprint density at radius 1 is 1.27 bits per heavy atom.